The number of ether oxygens (including phenoxy) is 2. The van der Waals surface area contributed by atoms with Crippen molar-refractivity contribution in [2.24, 2.45) is 0 Å². The minimum atomic E-state index is -0.304. The lowest BCUT2D eigenvalue weighted by Crippen LogP contribution is -2.28. The van der Waals surface area contributed by atoms with Crippen molar-refractivity contribution in [1.82, 2.24) is 15.1 Å². The van der Waals surface area contributed by atoms with Gasteiger partial charge in [-0.15, -0.1) is 6.42 Å². The predicted molar refractivity (Wildman–Crippen MR) is 106 cm³/mol. The molecule has 7 nitrogen and oxygen atoms in total. The van der Waals surface area contributed by atoms with E-state index in [0.29, 0.717) is 33.5 Å². The fourth-order valence-corrected chi connectivity index (χ4v) is 2.87. The van der Waals surface area contributed by atoms with Gasteiger partial charge in [-0.05, 0) is 24.3 Å². The molecule has 0 spiro atoms. The van der Waals surface area contributed by atoms with Gasteiger partial charge in [0.05, 0.1) is 31.8 Å². The van der Waals surface area contributed by atoms with Crippen LogP contribution in [0.5, 0.6) is 11.5 Å². The fraction of sp³-hybridized carbons (Fsp3) is 0.190. The van der Waals surface area contributed by atoms with Gasteiger partial charge in [-0.2, -0.15) is 5.10 Å². The predicted octanol–water partition coefficient (Wildman–Crippen LogP) is 1.98. The second-order valence-corrected chi connectivity index (χ2v) is 5.91. The third-order valence-corrected chi connectivity index (χ3v) is 4.25. The van der Waals surface area contributed by atoms with Crippen molar-refractivity contribution in [2.45, 2.75) is 13.1 Å². The molecule has 0 saturated carbocycles. The first kappa shape index (κ1) is 19.0. The number of hydrogen-bond acceptors (Lipinski definition) is 5. The minimum Gasteiger partial charge on any atom is -0.493 e. The Morgan fingerprint density at radius 1 is 1.14 bits per heavy atom. The molecular formula is C21H19N3O4. The largest absolute Gasteiger partial charge is 0.493 e. The topological polar surface area (TPSA) is 82.5 Å². The van der Waals surface area contributed by atoms with Crippen molar-refractivity contribution in [3.8, 4) is 23.8 Å². The van der Waals surface area contributed by atoms with Crippen molar-refractivity contribution in [2.75, 3.05) is 14.2 Å². The monoisotopic (exact) mass is 377 g/mol. The number of aromatic nitrogens is 2. The Morgan fingerprint density at radius 2 is 1.86 bits per heavy atom. The Kier molecular flexibility index (Phi) is 5.61. The van der Waals surface area contributed by atoms with Crippen LogP contribution in [0.15, 0.2) is 47.3 Å². The van der Waals surface area contributed by atoms with Crippen LogP contribution in [-0.4, -0.2) is 29.9 Å². The molecule has 0 saturated heterocycles. The molecule has 0 radical (unpaired) electrons. The van der Waals surface area contributed by atoms with Crippen molar-refractivity contribution < 1.29 is 14.3 Å². The molecule has 0 fully saturated rings. The van der Waals surface area contributed by atoms with Crippen molar-refractivity contribution >= 4 is 16.7 Å². The van der Waals surface area contributed by atoms with Crippen LogP contribution in [0.25, 0.3) is 10.8 Å². The summed E-state index contributed by atoms with van der Waals surface area (Å²) in [5, 5.41) is 8.32. The maximum Gasteiger partial charge on any atom is 0.275 e. The number of terminal acetylenes is 1. The SMILES string of the molecule is C#CCn1nc(CNC(=O)c2ccc(OC)c(OC)c2)c2ccccc2c1=O. The first-order valence-electron chi connectivity index (χ1n) is 8.51. The first-order valence-corrected chi connectivity index (χ1v) is 8.51. The van der Waals surface area contributed by atoms with Gasteiger partial charge < -0.3 is 14.8 Å². The summed E-state index contributed by atoms with van der Waals surface area (Å²) in [4.78, 5) is 25.0. The van der Waals surface area contributed by atoms with Crippen molar-refractivity contribution in [3.63, 3.8) is 0 Å². The maximum atomic E-state index is 12.6. The van der Waals surface area contributed by atoms with E-state index in [2.05, 4.69) is 16.3 Å². The summed E-state index contributed by atoms with van der Waals surface area (Å²) in [6.45, 7) is 0.193. The third kappa shape index (κ3) is 3.67. The second-order valence-electron chi connectivity index (χ2n) is 5.91. The number of benzene rings is 2. The van der Waals surface area contributed by atoms with Crippen LogP contribution < -0.4 is 20.3 Å². The standard InChI is InChI=1S/C21H19N3O4/c1-4-11-24-21(26)16-8-6-5-7-15(16)17(23-24)13-22-20(25)14-9-10-18(27-2)19(12-14)28-3/h1,5-10,12H,11,13H2,2-3H3,(H,22,25). The van der Waals surface area contributed by atoms with Gasteiger partial charge in [0.1, 0.15) is 6.54 Å². The van der Waals surface area contributed by atoms with E-state index in [1.54, 1.807) is 36.4 Å². The van der Waals surface area contributed by atoms with Gasteiger partial charge in [-0.1, -0.05) is 24.1 Å². The van der Waals surface area contributed by atoms with Crippen LogP contribution in [0.2, 0.25) is 0 Å². The van der Waals surface area contributed by atoms with Crippen molar-refractivity contribution in [1.29, 1.82) is 0 Å². The molecule has 7 heteroatoms. The minimum absolute atomic E-state index is 0.0558. The Labute approximate surface area is 161 Å². The highest BCUT2D eigenvalue weighted by atomic mass is 16.5. The summed E-state index contributed by atoms with van der Waals surface area (Å²) >= 11 is 0. The summed E-state index contributed by atoms with van der Waals surface area (Å²) in [6, 6.07) is 12.0. The lowest BCUT2D eigenvalue weighted by molar-refractivity contribution is 0.0950. The highest BCUT2D eigenvalue weighted by molar-refractivity contribution is 5.95. The van der Waals surface area contributed by atoms with Crippen molar-refractivity contribution in [3.05, 3.63) is 64.1 Å². The quantitative estimate of drug-likeness (QED) is 0.664. The van der Waals surface area contributed by atoms with E-state index in [4.69, 9.17) is 15.9 Å². The molecule has 1 N–H and O–H groups in total. The van der Waals surface area contributed by atoms with Gasteiger partial charge in [-0.25, -0.2) is 4.68 Å². The van der Waals surface area contributed by atoms with Gasteiger partial charge in [0.2, 0.25) is 0 Å². The molecule has 1 amide bonds. The van der Waals surface area contributed by atoms with Gasteiger partial charge in [0, 0.05) is 10.9 Å². The Hall–Kier alpha value is -3.79. The molecule has 0 atom stereocenters. The Morgan fingerprint density at radius 3 is 2.54 bits per heavy atom. The number of carbonyl (C=O) groups is 1. The molecule has 3 aromatic rings. The lowest BCUT2D eigenvalue weighted by atomic mass is 10.1. The van der Waals surface area contributed by atoms with Gasteiger partial charge in [-0.3, -0.25) is 9.59 Å². The van der Waals surface area contributed by atoms with Crippen LogP contribution in [0, 0.1) is 12.3 Å². The average Bonchev–Trinajstić information content (AvgIpc) is 2.74. The molecule has 1 heterocycles. The molecule has 0 unspecified atom stereocenters. The number of carbonyl (C=O) groups excluding carboxylic acids is 1. The molecule has 0 aliphatic rings. The molecular weight excluding hydrogens is 358 g/mol. The van der Waals surface area contributed by atoms with E-state index < -0.39 is 0 Å². The van der Waals surface area contributed by atoms with Gasteiger partial charge in [0.15, 0.2) is 11.5 Å². The number of methoxy groups -OCH3 is 2. The van der Waals surface area contributed by atoms with E-state index >= 15 is 0 Å². The molecule has 1 aromatic heterocycles. The second kappa shape index (κ2) is 8.27. The van der Waals surface area contributed by atoms with Crippen LogP contribution in [-0.2, 0) is 13.1 Å². The molecule has 0 aliphatic heterocycles. The van der Waals surface area contributed by atoms with Gasteiger partial charge >= 0.3 is 0 Å². The number of rotatable bonds is 6. The van der Waals surface area contributed by atoms with Crippen LogP contribution >= 0.6 is 0 Å². The smallest absolute Gasteiger partial charge is 0.275 e. The molecule has 0 bridgehead atoms. The summed E-state index contributed by atoms with van der Waals surface area (Å²) in [5.74, 6) is 3.11. The highest BCUT2D eigenvalue weighted by Gasteiger charge is 2.13. The Bertz CT molecular complexity index is 1130. The molecule has 2 aromatic carbocycles. The maximum absolute atomic E-state index is 12.6. The number of hydrogen-bond donors (Lipinski definition) is 1. The number of nitrogens with zero attached hydrogens (tertiary/aromatic N) is 2. The zero-order chi connectivity index (χ0) is 20.1. The van der Waals surface area contributed by atoms with E-state index in [0.717, 1.165) is 0 Å². The van der Waals surface area contributed by atoms with Crippen LogP contribution in [0.1, 0.15) is 16.1 Å². The zero-order valence-corrected chi connectivity index (χ0v) is 15.6. The lowest BCUT2D eigenvalue weighted by Gasteiger charge is -2.12. The summed E-state index contributed by atoms with van der Waals surface area (Å²) in [7, 11) is 3.03. The third-order valence-electron chi connectivity index (χ3n) is 4.25. The average molecular weight is 377 g/mol. The van der Waals surface area contributed by atoms with E-state index in [1.165, 1.54) is 18.9 Å². The van der Waals surface area contributed by atoms with E-state index in [9.17, 15) is 9.59 Å². The Balaban J connectivity index is 1.89. The summed E-state index contributed by atoms with van der Waals surface area (Å²) < 4.78 is 11.6. The summed E-state index contributed by atoms with van der Waals surface area (Å²) in [6.07, 6.45) is 5.33. The molecule has 3 rings (SSSR count). The van der Waals surface area contributed by atoms with Crippen LogP contribution in [0.4, 0.5) is 0 Å². The molecule has 0 aliphatic carbocycles. The molecule has 28 heavy (non-hydrogen) atoms. The van der Waals surface area contributed by atoms with Crippen LogP contribution in [0.3, 0.4) is 0 Å². The molecule has 142 valence electrons. The summed E-state index contributed by atoms with van der Waals surface area (Å²) in [5.41, 5.74) is 0.710. The first-order chi connectivity index (χ1) is 13.6. The zero-order valence-electron chi connectivity index (χ0n) is 15.6. The van der Waals surface area contributed by atoms with E-state index in [-0.39, 0.29) is 24.6 Å². The highest BCUT2D eigenvalue weighted by Crippen LogP contribution is 2.27. The fourth-order valence-electron chi connectivity index (χ4n) is 2.87. The number of nitrogens with one attached hydrogen (secondary N) is 1. The van der Waals surface area contributed by atoms with E-state index in [1.807, 2.05) is 6.07 Å². The number of fused-ring (bicyclic) bond motifs is 1. The number of amides is 1. The van der Waals surface area contributed by atoms with Gasteiger partial charge in [0.25, 0.3) is 11.5 Å². The normalized spacial score (nSPS) is 10.3.